The first-order chi connectivity index (χ1) is 6.43. The second kappa shape index (κ2) is 4.43. The van der Waals surface area contributed by atoms with E-state index in [1.807, 2.05) is 0 Å². The van der Waals surface area contributed by atoms with E-state index in [2.05, 4.69) is 32.6 Å². The van der Waals surface area contributed by atoms with Gasteiger partial charge in [0.2, 0.25) is 0 Å². The van der Waals surface area contributed by atoms with Crippen molar-refractivity contribution in [2.45, 2.75) is 40.7 Å². The Kier molecular flexibility index (Phi) is 3.71. The van der Waals surface area contributed by atoms with Crippen molar-refractivity contribution >= 4 is 5.78 Å². The number of hydrogen-bond donors (Lipinski definition) is 0. The van der Waals surface area contributed by atoms with Crippen molar-refractivity contribution in [2.75, 3.05) is 13.1 Å². The Bertz CT molecular complexity index is 200. The van der Waals surface area contributed by atoms with Crippen LogP contribution in [0.5, 0.6) is 0 Å². The Morgan fingerprint density at radius 2 is 1.64 bits per heavy atom. The molecule has 1 rings (SSSR count). The average Bonchev–Trinajstić information content (AvgIpc) is 2.01. The quantitative estimate of drug-likeness (QED) is 0.676. The molecule has 0 aromatic rings. The molecule has 1 saturated heterocycles. The molecule has 1 fully saturated rings. The molecule has 0 unspecified atom stereocenters. The van der Waals surface area contributed by atoms with E-state index in [0.29, 0.717) is 23.7 Å². The Balaban J connectivity index is 2.68. The van der Waals surface area contributed by atoms with Crippen LogP contribution in [0, 0.1) is 17.8 Å². The highest BCUT2D eigenvalue weighted by Gasteiger charge is 2.35. The predicted octanol–water partition coefficient (Wildman–Crippen LogP) is 2.19. The molecule has 1 aliphatic heterocycles. The largest absolute Gasteiger partial charge is 0.300 e. The highest BCUT2D eigenvalue weighted by atomic mass is 16.1. The number of Topliss-reactive ketones (excluding diaryl/α,β-unsaturated/α-hetero) is 1. The van der Waals surface area contributed by atoms with Gasteiger partial charge in [0.1, 0.15) is 5.78 Å². The van der Waals surface area contributed by atoms with Gasteiger partial charge < -0.3 is 4.90 Å². The third-order valence-electron chi connectivity index (χ3n) is 3.47. The molecule has 2 nitrogen and oxygen atoms in total. The van der Waals surface area contributed by atoms with Gasteiger partial charge in [-0.3, -0.25) is 4.79 Å². The van der Waals surface area contributed by atoms with Crippen molar-refractivity contribution in [3.05, 3.63) is 0 Å². The minimum absolute atomic E-state index is 0.282. The molecule has 2 atom stereocenters. The van der Waals surface area contributed by atoms with Gasteiger partial charge in [0.05, 0.1) is 0 Å². The van der Waals surface area contributed by atoms with Crippen LogP contribution in [0.1, 0.15) is 34.6 Å². The lowest BCUT2D eigenvalue weighted by Crippen LogP contribution is -2.49. The van der Waals surface area contributed by atoms with E-state index >= 15 is 0 Å². The second-order valence-corrected chi connectivity index (χ2v) is 5.14. The minimum Gasteiger partial charge on any atom is -0.300 e. The predicted molar refractivity (Wildman–Crippen MR) is 59.2 cm³/mol. The van der Waals surface area contributed by atoms with Crippen LogP contribution in [0.15, 0.2) is 0 Å². The number of carbonyl (C=O) groups excluding carboxylic acids is 1. The molecule has 0 bridgehead atoms. The van der Waals surface area contributed by atoms with Crippen molar-refractivity contribution < 1.29 is 4.79 Å². The second-order valence-electron chi connectivity index (χ2n) is 5.14. The lowest BCUT2D eigenvalue weighted by molar-refractivity contribution is -0.126. The van der Waals surface area contributed by atoms with Crippen LogP contribution in [0.2, 0.25) is 0 Å². The highest BCUT2D eigenvalue weighted by molar-refractivity contribution is 5.79. The highest BCUT2D eigenvalue weighted by Crippen LogP contribution is 2.29. The van der Waals surface area contributed by atoms with Crippen LogP contribution in [0.3, 0.4) is 0 Å². The number of ketones is 1. The fourth-order valence-electron chi connectivity index (χ4n) is 2.83. The molecule has 1 aliphatic rings. The van der Waals surface area contributed by atoms with Gasteiger partial charge in [-0.1, -0.05) is 13.8 Å². The van der Waals surface area contributed by atoms with Crippen LogP contribution in [0.4, 0.5) is 0 Å². The van der Waals surface area contributed by atoms with Crippen molar-refractivity contribution in [3.8, 4) is 0 Å². The Morgan fingerprint density at radius 3 is 1.93 bits per heavy atom. The summed E-state index contributed by atoms with van der Waals surface area (Å²) in [5.74, 6) is 1.68. The number of rotatable bonds is 2. The number of carbonyl (C=O) groups is 1. The van der Waals surface area contributed by atoms with Gasteiger partial charge in [-0.25, -0.2) is 0 Å². The first kappa shape index (κ1) is 11.7. The zero-order chi connectivity index (χ0) is 10.9. The molecule has 0 aromatic carbocycles. The first-order valence-electron chi connectivity index (χ1n) is 5.68. The number of hydrogen-bond acceptors (Lipinski definition) is 2. The van der Waals surface area contributed by atoms with E-state index < -0.39 is 0 Å². The first-order valence-corrected chi connectivity index (χ1v) is 5.68. The molecule has 2 heteroatoms. The lowest BCUT2D eigenvalue weighted by Gasteiger charge is -2.42. The van der Waals surface area contributed by atoms with E-state index in [0.717, 1.165) is 13.1 Å². The van der Waals surface area contributed by atoms with E-state index in [1.54, 1.807) is 6.92 Å². The summed E-state index contributed by atoms with van der Waals surface area (Å²) >= 11 is 0. The minimum atomic E-state index is 0.282. The molecular formula is C12H23NO. The third-order valence-corrected chi connectivity index (χ3v) is 3.47. The molecule has 82 valence electrons. The molecule has 1 heterocycles. The van der Waals surface area contributed by atoms with Crippen molar-refractivity contribution in [1.29, 1.82) is 0 Å². The van der Waals surface area contributed by atoms with Gasteiger partial charge >= 0.3 is 0 Å². The van der Waals surface area contributed by atoms with Crippen LogP contribution in [-0.2, 0) is 4.79 Å². The Hall–Kier alpha value is -0.370. The normalized spacial score (nSPS) is 31.0. The van der Waals surface area contributed by atoms with Crippen molar-refractivity contribution in [3.63, 3.8) is 0 Å². The fourth-order valence-corrected chi connectivity index (χ4v) is 2.83. The summed E-state index contributed by atoms with van der Waals surface area (Å²) < 4.78 is 0. The fraction of sp³-hybridized carbons (Fsp3) is 0.917. The maximum atomic E-state index is 11.5. The summed E-state index contributed by atoms with van der Waals surface area (Å²) in [6.07, 6.45) is 0. The van der Waals surface area contributed by atoms with Crippen molar-refractivity contribution in [1.82, 2.24) is 4.90 Å². The molecular weight excluding hydrogens is 174 g/mol. The number of piperidine rings is 1. The standard InChI is InChI=1S/C12H23NO/c1-8(2)13-6-9(3)12(11(5)14)10(4)7-13/h8-10,12H,6-7H2,1-5H3/t9-,10-/m1/s1. The summed E-state index contributed by atoms with van der Waals surface area (Å²) in [5.41, 5.74) is 0. The van der Waals surface area contributed by atoms with Crippen LogP contribution in [-0.4, -0.2) is 29.8 Å². The number of nitrogens with zero attached hydrogens (tertiary/aromatic N) is 1. The van der Waals surface area contributed by atoms with Gasteiger partial charge in [0.25, 0.3) is 0 Å². The molecule has 0 amide bonds. The summed E-state index contributed by atoms with van der Waals surface area (Å²) in [6, 6.07) is 0.604. The van der Waals surface area contributed by atoms with Crippen LogP contribution >= 0.6 is 0 Å². The Labute approximate surface area is 87.7 Å². The molecule has 0 saturated carbocycles. The van der Waals surface area contributed by atoms with Crippen LogP contribution < -0.4 is 0 Å². The Morgan fingerprint density at radius 1 is 1.21 bits per heavy atom. The zero-order valence-electron chi connectivity index (χ0n) is 10.1. The summed E-state index contributed by atoms with van der Waals surface area (Å²) in [6.45, 7) is 12.8. The summed E-state index contributed by atoms with van der Waals surface area (Å²) in [7, 11) is 0. The average molecular weight is 197 g/mol. The molecule has 0 aromatic heterocycles. The lowest BCUT2D eigenvalue weighted by atomic mass is 9.77. The SMILES string of the molecule is CC(=O)C1[C@H](C)CN(C(C)C)C[C@H]1C. The topological polar surface area (TPSA) is 20.3 Å². The van der Waals surface area contributed by atoms with Crippen LogP contribution in [0.25, 0.3) is 0 Å². The molecule has 14 heavy (non-hydrogen) atoms. The van der Waals surface area contributed by atoms with Gasteiger partial charge in [0, 0.05) is 25.0 Å². The van der Waals surface area contributed by atoms with Gasteiger partial charge in [-0.2, -0.15) is 0 Å². The monoisotopic (exact) mass is 197 g/mol. The van der Waals surface area contributed by atoms with E-state index in [-0.39, 0.29) is 5.92 Å². The zero-order valence-corrected chi connectivity index (χ0v) is 10.1. The molecule has 0 N–H and O–H groups in total. The third kappa shape index (κ3) is 2.35. The molecule has 0 spiro atoms. The van der Waals surface area contributed by atoms with Gasteiger partial charge in [0.15, 0.2) is 0 Å². The smallest absolute Gasteiger partial charge is 0.133 e. The van der Waals surface area contributed by atoms with E-state index in [9.17, 15) is 4.79 Å². The molecule has 0 radical (unpaired) electrons. The van der Waals surface area contributed by atoms with Crippen molar-refractivity contribution in [2.24, 2.45) is 17.8 Å². The maximum absolute atomic E-state index is 11.5. The number of likely N-dealkylation sites (tertiary alicyclic amines) is 1. The van der Waals surface area contributed by atoms with Gasteiger partial charge in [-0.15, -0.1) is 0 Å². The summed E-state index contributed by atoms with van der Waals surface area (Å²) in [4.78, 5) is 14.0. The summed E-state index contributed by atoms with van der Waals surface area (Å²) in [5, 5.41) is 0. The van der Waals surface area contributed by atoms with E-state index in [4.69, 9.17) is 0 Å². The maximum Gasteiger partial charge on any atom is 0.133 e. The van der Waals surface area contributed by atoms with E-state index in [1.165, 1.54) is 0 Å². The van der Waals surface area contributed by atoms with Gasteiger partial charge in [-0.05, 0) is 32.6 Å². The molecule has 0 aliphatic carbocycles.